The molecular formula is C18H23NO9. The minimum atomic E-state index is -1.24. The molecule has 5 atom stereocenters. The zero-order valence-electron chi connectivity index (χ0n) is 16.1. The summed E-state index contributed by atoms with van der Waals surface area (Å²) in [7, 11) is 0. The predicted molar refractivity (Wildman–Crippen MR) is 91.3 cm³/mol. The van der Waals surface area contributed by atoms with Crippen LogP contribution in [0.2, 0.25) is 0 Å². The van der Waals surface area contributed by atoms with E-state index in [1.807, 2.05) is 6.07 Å². The second-order valence-corrected chi connectivity index (χ2v) is 6.16. The average Bonchev–Trinajstić information content (AvgIpc) is 2.57. The highest BCUT2D eigenvalue weighted by Gasteiger charge is 2.52. The molecule has 154 valence electrons. The first-order valence-corrected chi connectivity index (χ1v) is 8.43. The van der Waals surface area contributed by atoms with Crippen LogP contribution in [-0.4, -0.2) is 61.0 Å². The van der Waals surface area contributed by atoms with Crippen molar-refractivity contribution in [1.29, 1.82) is 5.26 Å². The molecule has 10 nitrogen and oxygen atoms in total. The summed E-state index contributed by atoms with van der Waals surface area (Å²) < 4.78 is 26.5. The van der Waals surface area contributed by atoms with E-state index in [4.69, 9.17) is 28.9 Å². The molecule has 1 aliphatic heterocycles. The monoisotopic (exact) mass is 397 g/mol. The number of carbonyl (C=O) groups is 4. The van der Waals surface area contributed by atoms with Gasteiger partial charge in [0.2, 0.25) is 0 Å². The number of carbonyl (C=O) groups excluding carboxylic acids is 4. The van der Waals surface area contributed by atoms with E-state index in [2.05, 4.69) is 6.58 Å². The number of nitrogens with zero attached hydrogens (tertiary/aromatic N) is 1. The number of nitriles is 1. The fraction of sp³-hybridized carbons (Fsp3) is 0.611. The number of ether oxygens (including phenoxy) is 5. The molecule has 0 N–H and O–H groups in total. The summed E-state index contributed by atoms with van der Waals surface area (Å²) in [5, 5.41) is 9.02. The summed E-state index contributed by atoms with van der Waals surface area (Å²) >= 11 is 0. The molecule has 0 aromatic heterocycles. The van der Waals surface area contributed by atoms with E-state index in [-0.39, 0.29) is 18.6 Å². The Labute approximate surface area is 162 Å². The molecule has 28 heavy (non-hydrogen) atoms. The van der Waals surface area contributed by atoms with Crippen LogP contribution in [0.3, 0.4) is 0 Å². The van der Waals surface area contributed by atoms with Crippen LogP contribution in [0.4, 0.5) is 0 Å². The Bertz CT molecular complexity index is 681. The van der Waals surface area contributed by atoms with Gasteiger partial charge in [-0.2, -0.15) is 5.26 Å². The summed E-state index contributed by atoms with van der Waals surface area (Å²) in [6.07, 6.45) is -5.65. The highest BCUT2D eigenvalue weighted by Crippen LogP contribution is 2.31. The lowest BCUT2D eigenvalue weighted by atomic mass is 9.91. The molecule has 0 unspecified atom stereocenters. The van der Waals surface area contributed by atoms with E-state index >= 15 is 0 Å². The lowest BCUT2D eigenvalue weighted by Crippen LogP contribution is -2.62. The number of esters is 4. The van der Waals surface area contributed by atoms with Crippen LogP contribution in [-0.2, 0) is 42.9 Å². The molecule has 0 aromatic carbocycles. The highest BCUT2D eigenvalue weighted by molar-refractivity contribution is 5.68. The molecule has 0 radical (unpaired) electrons. The largest absolute Gasteiger partial charge is 0.463 e. The third-order valence-corrected chi connectivity index (χ3v) is 3.69. The molecule has 1 aliphatic rings. The minimum Gasteiger partial charge on any atom is -0.463 e. The van der Waals surface area contributed by atoms with Crippen LogP contribution in [0.1, 0.15) is 34.1 Å². The van der Waals surface area contributed by atoms with Gasteiger partial charge in [0.05, 0.1) is 6.07 Å². The first-order chi connectivity index (χ1) is 13.0. The highest BCUT2D eigenvalue weighted by atomic mass is 16.7. The molecule has 10 heteroatoms. The van der Waals surface area contributed by atoms with Crippen molar-refractivity contribution in [3.05, 3.63) is 12.2 Å². The minimum absolute atomic E-state index is 0.0461. The first-order valence-electron chi connectivity index (χ1n) is 8.43. The van der Waals surface area contributed by atoms with Crippen LogP contribution in [0.5, 0.6) is 0 Å². The maximum absolute atomic E-state index is 11.6. The van der Waals surface area contributed by atoms with Crippen molar-refractivity contribution >= 4 is 23.9 Å². The van der Waals surface area contributed by atoms with Crippen molar-refractivity contribution in [3.63, 3.8) is 0 Å². The SMILES string of the molecule is C=C(C#N)C[C@H]1O[C@H](COC(C)=O)[C@@H](OC(C)=O)[C@H](OC(C)=O)[C@H]1OC(C)=O. The molecule has 1 heterocycles. The molecular weight excluding hydrogens is 374 g/mol. The van der Waals surface area contributed by atoms with Crippen LogP contribution in [0.15, 0.2) is 12.2 Å². The van der Waals surface area contributed by atoms with Gasteiger partial charge in [0.25, 0.3) is 0 Å². The topological polar surface area (TPSA) is 138 Å². The van der Waals surface area contributed by atoms with Crippen LogP contribution >= 0.6 is 0 Å². The van der Waals surface area contributed by atoms with Crippen LogP contribution in [0.25, 0.3) is 0 Å². The van der Waals surface area contributed by atoms with Gasteiger partial charge in [-0.3, -0.25) is 19.2 Å². The van der Waals surface area contributed by atoms with Crippen molar-refractivity contribution in [2.75, 3.05) is 6.61 Å². The number of hydrogen-bond acceptors (Lipinski definition) is 10. The van der Waals surface area contributed by atoms with Crippen molar-refractivity contribution < 1.29 is 42.9 Å². The average molecular weight is 397 g/mol. The van der Waals surface area contributed by atoms with Gasteiger partial charge in [0.1, 0.15) is 18.8 Å². The molecule has 0 aliphatic carbocycles. The van der Waals surface area contributed by atoms with Gasteiger partial charge >= 0.3 is 23.9 Å². The summed E-state index contributed by atoms with van der Waals surface area (Å²) in [5.41, 5.74) is 0.126. The van der Waals surface area contributed by atoms with Gasteiger partial charge in [-0.15, -0.1) is 0 Å². The Morgan fingerprint density at radius 3 is 1.75 bits per heavy atom. The Morgan fingerprint density at radius 2 is 1.32 bits per heavy atom. The van der Waals surface area contributed by atoms with Crippen molar-refractivity contribution in [2.45, 2.75) is 64.6 Å². The Balaban J connectivity index is 3.33. The predicted octanol–water partition coefficient (Wildman–Crippen LogP) is 0.582. The van der Waals surface area contributed by atoms with Crippen molar-refractivity contribution in [2.24, 2.45) is 0 Å². The standard InChI is InChI=1S/C18H23NO9/c1-9(7-19)6-14-16(25-11(3)21)18(27-13(5)23)17(26-12(4)22)15(28-14)8-24-10(2)20/h14-18H,1,6,8H2,2-5H3/t14-,15-,16+,17-,18-/m1/s1. The first kappa shape index (κ1) is 23.1. The van der Waals surface area contributed by atoms with Gasteiger partial charge < -0.3 is 23.7 Å². The quantitative estimate of drug-likeness (QED) is 0.340. The molecule has 0 saturated carbocycles. The molecule has 1 saturated heterocycles. The van der Waals surface area contributed by atoms with E-state index in [1.165, 1.54) is 6.92 Å². The molecule has 1 rings (SSSR count). The molecule has 0 amide bonds. The summed E-state index contributed by atoms with van der Waals surface area (Å²) in [5.74, 6) is -2.72. The van der Waals surface area contributed by atoms with E-state index in [0.717, 1.165) is 20.8 Å². The molecule has 0 spiro atoms. The second-order valence-electron chi connectivity index (χ2n) is 6.16. The summed E-state index contributed by atoms with van der Waals surface area (Å²) in [6, 6.07) is 1.86. The summed E-state index contributed by atoms with van der Waals surface area (Å²) in [4.78, 5) is 46.0. The number of rotatable bonds is 7. The smallest absolute Gasteiger partial charge is 0.303 e. The van der Waals surface area contributed by atoms with E-state index in [9.17, 15) is 19.2 Å². The normalized spacial score (nSPS) is 26.3. The molecule has 0 aromatic rings. The third-order valence-electron chi connectivity index (χ3n) is 3.69. The Kier molecular flexibility index (Phi) is 8.60. The lowest BCUT2D eigenvalue weighted by Gasteiger charge is -2.44. The molecule has 0 bridgehead atoms. The van der Waals surface area contributed by atoms with Crippen LogP contribution in [0, 0.1) is 11.3 Å². The maximum atomic E-state index is 11.6. The number of hydrogen-bond donors (Lipinski definition) is 0. The Hall–Kier alpha value is -2.93. The lowest BCUT2D eigenvalue weighted by molar-refractivity contribution is -0.252. The van der Waals surface area contributed by atoms with E-state index < -0.39 is 54.4 Å². The summed E-state index contributed by atoms with van der Waals surface area (Å²) in [6.45, 7) is 7.86. The zero-order valence-corrected chi connectivity index (χ0v) is 16.1. The maximum Gasteiger partial charge on any atom is 0.303 e. The van der Waals surface area contributed by atoms with E-state index in [0.29, 0.717) is 0 Å². The van der Waals surface area contributed by atoms with Crippen molar-refractivity contribution in [3.8, 4) is 6.07 Å². The third kappa shape index (κ3) is 7.00. The fourth-order valence-corrected chi connectivity index (χ4v) is 2.77. The molecule has 1 fully saturated rings. The fourth-order valence-electron chi connectivity index (χ4n) is 2.77. The van der Waals surface area contributed by atoms with Gasteiger partial charge in [-0.1, -0.05) is 6.58 Å². The van der Waals surface area contributed by atoms with Gasteiger partial charge in [0.15, 0.2) is 18.3 Å². The second kappa shape index (κ2) is 10.4. The van der Waals surface area contributed by atoms with Gasteiger partial charge in [-0.05, 0) is 0 Å². The van der Waals surface area contributed by atoms with Gasteiger partial charge in [0, 0.05) is 39.7 Å². The van der Waals surface area contributed by atoms with Crippen molar-refractivity contribution in [1.82, 2.24) is 0 Å². The van der Waals surface area contributed by atoms with Crippen LogP contribution < -0.4 is 0 Å². The Morgan fingerprint density at radius 1 is 0.857 bits per heavy atom. The van der Waals surface area contributed by atoms with E-state index in [1.54, 1.807) is 0 Å². The van der Waals surface area contributed by atoms with Gasteiger partial charge in [-0.25, -0.2) is 0 Å². The zero-order chi connectivity index (χ0) is 21.4.